The predicted molar refractivity (Wildman–Crippen MR) is 51.0 cm³/mol. The van der Waals surface area contributed by atoms with Crippen molar-refractivity contribution < 1.29 is 24.5 Å². The van der Waals surface area contributed by atoms with Crippen LogP contribution in [-0.2, 0) is 14.3 Å². The molecule has 1 saturated heterocycles. The van der Waals surface area contributed by atoms with Crippen LogP contribution in [0.4, 0.5) is 0 Å². The van der Waals surface area contributed by atoms with Crippen molar-refractivity contribution >= 4 is 11.8 Å². The Kier molecular flexibility index (Phi) is 4.23. The van der Waals surface area contributed by atoms with E-state index in [9.17, 15) is 19.8 Å². The van der Waals surface area contributed by atoms with Gasteiger partial charge in [-0.15, -0.1) is 0 Å². The molecule has 1 fully saturated rings. The van der Waals surface area contributed by atoms with Gasteiger partial charge >= 0.3 is 5.97 Å². The number of aliphatic hydroxyl groups is 2. The Morgan fingerprint density at radius 1 is 1.33 bits per heavy atom. The molecule has 0 aromatic heterocycles. The highest BCUT2D eigenvalue weighted by atomic mass is 16.5. The molecule has 3 unspecified atom stereocenters. The summed E-state index contributed by atoms with van der Waals surface area (Å²) in [4.78, 5) is 22.5. The molecule has 1 rings (SSSR count). The van der Waals surface area contributed by atoms with Crippen LogP contribution in [0.5, 0.6) is 0 Å². The molecule has 3 atom stereocenters. The summed E-state index contributed by atoms with van der Waals surface area (Å²) >= 11 is 0. The molecule has 0 spiro atoms. The zero-order valence-electron chi connectivity index (χ0n) is 8.68. The van der Waals surface area contributed by atoms with E-state index in [1.807, 2.05) is 0 Å². The van der Waals surface area contributed by atoms with Gasteiger partial charge in [-0.3, -0.25) is 9.59 Å². The molecule has 1 aliphatic rings. The van der Waals surface area contributed by atoms with Crippen LogP contribution in [0.2, 0.25) is 0 Å². The van der Waals surface area contributed by atoms with Gasteiger partial charge in [0.2, 0.25) is 0 Å². The van der Waals surface area contributed by atoms with Crippen LogP contribution >= 0.6 is 0 Å². The average molecular weight is 216 g/mol. The molecule has 0 radical (unpaired) electrons. The molecule has 0 saturated carbocycles. The van der Waals surface area contributed by atoms with Gasteiger partial charge in [-0.1, -0.05) is 0 Å². The Balaban J connectivity index is 2.63. The number of cyclic esters (lactones) is 1. The van der Waals surface area contributed by atoms with Crippen LogP contribution in [0.25, 0.3) is 0 Å². The fourth-order valence-electron chi connectivity index (χ4n) is 1.54. The van der Waals surface area contributed by atoms with Gasteiger partial charge in [-0.25, -0.2) is 0 Å². The van der Waals surface area contributed by atoms with E-state index in [1.165, 1.54) is 0 Å². The first kappa shape index (κ1) is 12.1. The third-order valence-corrected chi connectivity index (χ3v) is 2.39. The zero-order valence-corrected chi connectivity index (χ0v) is 8.68. The first-order chi connectivity index (χ1) is 6.99. The second-order valence-corrected chi connectivity index (χ2v) is 3.91. The zero-order chi connectivity index (χ0) is 11.4. The first-order valence-electron chi connectivity index (χ1n) is 5.07. The van der Waals surface area contributed by atoms with Crippen LogP contribution in [-0.4, -0.2) is 40.3 Å². The number of ether oxygens (including phenoxy) is 1. The fourth-order valence-corrected chi connectivity index (χ4v) is 1.54. The Morgan fingerprint density at radius 2 is 2.00 bits per heavy atom. The van der Waals surface area contributed by atoms with Crippen molar-refractivity contribution in [2.24, 2.45) is 0 Å². The summed E-state index contributed by atoms with van der Waals surface area (Å²) in [6.07, 6.45) is -2.13. The normalized spacial score (nSPS) is 34.7. The van der Waals surface area contributed by atoms with Gasteiger partial charge in [-0.05, 0) is 13.3 Å². The summed E-state index contributed by atoms with van der Waals surface area (Å²) in [6.45, 7) is 1.61. The third-order valence-electron chi connectivity index (χ3n) is 2.39. The quantitative estimate of drug-likeness (QED) is 0.547. The minimum Gasteiger partial charge on any atom is -0.462 e. The van der Waals surface area contributed by atoms with Crippen LogP contribution < -0.4 is 0 Å². The van der Waals surface area contributed by atoms with E-state index in [-0.39, 0.29) is 31.5 Å². The highest BCUT2D eigenvalue weighted by Gasteiger charge is 2.24. The van der Waals surface area contributed by atoms with E-state index < -0.39 is 24.3 Å². The smallest absolute Gasteiger partial charge is 0.308 e. The van der Waals surface area contributed by atoms with Gasteiger partial charge in [0.25, 0.3) is 0 Å². The number of rotatable bonds is 0. The van der Waals surface area contributed by atoms with Crippen molar-refractivity contribution in [3.63, 3.8) is 0 Å². The highest BCUT2D eigenvalue weighted by Crippen LogP contribution is 2.13. The topological polar surface area (TPSA) is 83.8 Å². The van der Waals surface area contributed by atoms with E-state index in [4.69, 9.17) is 4.74 Å². The number of esters is 1. The molecule has 0 amide bonds. The van der Waals surface area contributed by atoms with Crippen LogP contribution in [0, 0.1) is 0 Å². The SMILES string of the molecule is CC1CC(O)C(=O)CCC(O)CC(=O)O1. The lowest BCUT2D eigenvalue weighted by Gasteiger charge is -2.20. The van der Waals surface area contributed by atoms with Gasteiger partial charge < -0.3 is 14.9 Å². The first-order valence-corrected chi connectivity index (χ1v) is 5.07. The summed E-state index contributed by atoms with van der Waals surface area (Å²) in [5.41, 5.74) is 0. The van der Waals surface area contributed by atoms with Crippen molar-refractivity contribution in [2.45, 2.75) is 50.9 Å². The molecule has 0 aliphatic carbocycles. The number of hydrogen-bond acceptors (Lipinski definition) is 5. The van der Waals surface area contributed by atoms with E-state index in [0.717, 1.165) is 0 Å². The predicted octanol–water partition coefficient (Wildman–Crippen LogP) is -0.217. The minimum atomic E-state index is -1.10. The van der Waals surface area contributed by atoms with Crippen molar-refractivity contribution in [3.8, 4) is 0 Å². The average Bonchev–Trinajstić information content (AvgIpc) is 2.12. The molecule has 0 bridgehead atoms. The maximum Gasteiger partial charge on any atom is 0.308 e. The van der Waals surface area contributed by atoms with Crippen molar-refractivity contribution in [1.82, 2.24) is 0 Å². The molecular formula is C10H16O5. The molecule has 5 nitrogen and oxygen atoms in total. The Morgan fingerprint density at radius 3 is 2.67 bits per heavy atom. The molecule has 2 N–H and O–H groups in total. The van der Waals surface area contributed by atoms with E-state index in [0.29, 0.717) is 0 Å². The van der Waals surface area contributed by atoms with Crippen molar-refractivity contribution in [1.29, 1.82) is 0 Å². The molecule has 0 aromatic rings. The monoisotopic (exact) mass is 216 g/mol. The number of carbonyl (C=O) groups is 2. The van der Waals surface area contributed by atoms with Gasteiger partial charge in [-0.2, -0.15) is 0 Å². The molecular weight excluding hydrogens is 200 g/mol. The maximum atomic E-state index is 11.3. The summed E-state index contributed by atoms with van der Waals surface area (Å²) in [7, 11) is 0. The van der Waals surface area contributed by atoms with Crippen LogP contribution in [0.15, 0.2) is 0 Å². The van der Waals surface area contributed by atoms with Crippen LogP contribution in [0.1, 0.15) is 32.6 Å². The second-order valence-electron chi connectivity index (χ2n) is 3.91. The third kappa shape index (κ3) is 3.97. The lowest BCUT2D eigenvalue weighted by atomic mass is 10.0. The van der Waals surface area contributed by atoms with E-state index in [2.05, 4.69) is 0 Å². The summed E-state index contributed by atoms with van der Waals surface area (Å²) < 4.78 is 4.90. The van der Waals surface area contributed by atoms with E-state index >= 15 is 0 Å². The van der Waals surface area contributed by atoms with Gasteiger partial charge in [0.05, 0.1) is 12.5 Å². The lowest BCUT2D eigenvalue weighted by molar-refractivity contribution is -0.154. The van der Waals surface area contributed by atoms with E-state index in [1.54, 1.807) is 6.92 Å². The number of carbonyl (C=O) groups excluding carboxylic acids is 2. The van der Waals surface area contributed by atoms with Gasteiger partial charge in [0.15, 0.2) is 5.78 Å². The summed E-state index contributed by atoms with van der Waals surface area (Å²) in [5, 5.41) is 18.8. The number of hydrogen-bond donors (Lipinski definition) is 2. The number of aliphatic hydroxyl groups excluding tert-OH is 2. The standard InChI is InChI=1S/C10H16O5/c1-6-4-9(13)8(12)3-2-7(11)5-10(14)15-6/h6-7,9,11,13H,2-5H2,1H3. The number of Topliss-reactive ketones (excluding diaryl/α,β-unsaturated/α-hetero) is 1. The van der Waals surface area contributed by atoms with Gasteiger partial charge in [0.1, 0.15) is 12.2 Å². The molecule has 1 aliphatic heterocycles. The lowest BCUT2D eigenvalue weighted by Crippen LogP contribution is -2.31. The van der Waals surface area contributed by atoms with Crippen molar-refractivity contribution in [3.05, 3.63) is 0 Å². The maximum absolute atomic E-state index is 11.3. The fraction of sp³-hybridized carbons (Fsp3) is 0.800. The Hall–Kier alpha value is -0.940. The highest BCUT2D eigenvalue weighted by molar-refractivity contribution is 5.83. The van der Waals surface area contributed by atoms with Crippen molar-refractivity contribution in [2.75, 3.05) is 0 Å². The Bertz CT molecular complexity index is 250. The minimum absolute atomic E-state index is 0.0896. The molecule has 5 heteroatoms. The Labute approximate surface area is 88.0 Å². The van der Waals surface area contributed by atoms with Crippen LogP contribution in [0.3, 0.4) is 0 Å². The molecule has 86 valence electrons. The summed E-state index contributed by atoms with van der Waals surface area (Å²) in [5.74, 6) is -0.796. The summed E-state index contributed by atoms with van der Waals surface area (Å²) in [6, 6.07) is 0. The molecule has 15 heavy (non-hydrogen) atoms. The number of ketones is 1. The second kappa shape index (κ2) is 5.23. The molecule has 0 aromatic carbocycles. The van der Waals surface area contributed by atoms with Gasteiger partial charge in [0, 0.05) is 12.8 Å². The largest absolute Gasteiger partial charge is 0.462 e. The molecule has 1 heterocycles.